The van der Waals surface area contributed by atoms with Crippen molar-refractivity contribution in [3.8, 4) is 11.5 Å². The lowest BCUT2D eigenvalue weighted by Gasteiger charge is -2.07. The van der Waals surface area contributed by atoms with Gasteiger partial charge >= 0.3 is 5.97 Å². The maximum absolute atomic E-state index is 11.9. The van der Waals surface area contributed by atoms with Gasteiger partial charge in [0, 0.05) is 6.04 Å². The van der Waals surface area contributed by atoms with Gasteiger partial charge in [0.1, 0.15) is 11.5 Å². The maximum Gasteiger partial charge on any atom is 0.338 e. The van der Waals surface area contributed by atoms with E-state index in [1.165, 1.54) is 0 Å². The Labute approximate surface area is 134 Å². The lowest BCUT2D eigenvalue weighted by molar-refractivity contribution is -0.124. The van der Waals surface area contributed by atoms with E-state index in [2.05, 4.69) is 5.32 Å². The molecule has 0 atom stereocenters. The van der Waals surface area contributed by atoms with E-state index in [9.17, 15) is 9.59 Å². The minimum absolute atomic E-state index is 0.252. The average Bonchev–Trinajstić information content (AvgIpc) is 3.38. The number of benzene rings is 2. The van der Waals surface area contributed by atoms with Gasteiger partial charge in [-0.15, -0.1) is 0 Å². The van der Waals surface area contributed by atoms with Crippen molar-refractivity contribution in [2.24, 2.45) is 0 Å². The van der Waals surface area contributed by atoms with Gasteiger partial charge in [0.15, 0.2) is 6.61 Å². The summed E-state index contributed by atoms with van der Waals surface area (Å²) in [6, 6.07) is 16.2. The number of nitrogens with one attached hydrogen (secondary N) is 1. The van der Waals surface area contributed by atoms with Crippen LogP contribution in [0.3, 0.4) is 0 Å². The van der Waals surface area contributed by atoms with Crippen molar-refractivity contribution in [2.75, 3.05) is 6.61 Å². The first-order valence-corrected chi connectivity index (χ1v) is 7.50. The van der Waals surface area contributed by atoms with E-state index in [0.29, 0.717) is 11.3 Å². The molecule has 0 aromatic heterocycles. The highest BCUT2D eigenvalue weighted by Gasteiger charge is 2.23. The first-order chi connectivity index (χ1) is 11.2. The van der Waals surface area contributed by atoms with Gasteiger partial charge in [-0.05, 0) is 49.2 Å². The fourth-order valence-electron chi connectivity index (χ4n) is 2.00. The van der Waals surface area contributed by atoms with Crippen molar-refractivity contribution in [3.05, 3.63) is 60.2 Å². The Balaban J connectivity index is 1.51. The van der Waals surface area contributed by atoms with E-state index in [1.54, 1.807) is 24.3 Å². The van der Waals surface area contributed by atoms with E-state index in [0.717, 1.165) is 18.6 Å². The van der Waals surface area contributed by atoms with E-state index < -0.39 is 5.97 Å². The van der Waals surface area contributed by atoms with Gasteiger partial charge in [0.05, 0.1) is 5.56 Å². The molecule has 1 aliphatic carbocycles. The summed E-state index contributed by atoms with van der Waals surface area (Å²) < 4.78 is 10.6. The SMILES string of the molecule is O=C(COC(=O)c1ccc(Oc2ccccc2)cc1)NC1CC1. The van der Waals surface area contributed by atoms with Crippen molar-refractivity contribution in [2.45, 2.75) is 18.9 Å². The second-order valence-corrected chi connectivity index (χ2v) is 5.36. The summed E-state index contributed by atoms with van der Waals surface area (Å²) in [5, 5.41) is 2.76. The van der Waals surface area contributed by atoms with Crippen LogP contribution in [0.4, 0.5) is 0 Å². The summed E-state index contributed by atoms with van der Waals surface area (Å²) in [5.41, 5.74) is 0.379. The molecule has 1 aliphatic rings. The van der Waals surface area contributed by atoms with Gasteiger partial charge < -0.3 is 14.8 Å². The van der Waals surface area contributed by atoms with Crippen molar-refractivity contribution >= 4 is 11.9 Å². The molecule has 0 unspecified atom stereocenters. The number of para-hydroxylation sites is 1. The normalized spacial score (nSPS) is 13.2. The topological polar surface area (TPSA) is 64.6 Å². The van der Waals surface area contributed by atoms with Crippen LogP contribution in [0.1, 0.15) is 23.2 Å². The highest BCUT2D eigenvalue weighted by Crippen LogP contribution is 2.21. The Hall–Kier alpha value is -2.82. The van der Waals surface area contributed by atoms with Crippen LogP contribution in [0.5, 0.6) is 11.5 Å². The Morgan fingerprint density at radius 3 is 2.26 bits per heavy atom. The summed E-state index contributed by atoms with van der Waals surface area (Å²) in [4.78, 5) is 23.4. The van der Waals surface area contributed by atoms with Crippen molar-refractivity contribution in [3.63, 3.8) is 0 Å². The zero-order valence-corrected chi connectivity index (χ0v) is 12.5. The highest BCUT2D eigenvalue weighted by molar-refractivity contribution is 5.91. The maximum atomic E-state index is 11.9. The summed E-state index contributed by atoms with van der Waals surface area (Å²) in [6.45, 7) is -0.252. The third-order valence-corrected chi connectivity index (χ3v) is 3.35. The van der Waals surface area contributed by atoms with Crippen LogP contribution in [-0.4, -0.2) is 24.5 Å². The van der Waals surface area contributed by atoms with E-state index >= 15 is 0 Å². The van der Waals surface area contributed by atoms with Gasteiger partial charge in [-0.25, -0.2) is 4.79 Å². The molecule has 5 nitrogen and oxygen atoms in total. The number of carbonyl (C=O) groups excluding carboxylic acids is 2. The number of amides is 1. The summed E-state index contributed by atoms with van der Waals surface area (Å²) in [7, 11) is 0. The Kier molecular flexibility index (Phi) is 4.57. The lowest BCUT2D eigenvalue weighted by atomic mass is 10.2. The minimum atomic E-state index is -0.526. The molecule has 2 aromatic rings. The van der Waals surface area contributed by atoms with Crippen LogP contribution in [0, 0.1) is 0 Å². The summed E-state index contributed by atoms with van der Waals surface area (Å²) in [5.74, 6) is 0.561. The number of ether oxygens (including phenoxy) is 2. The summed E-state index contributed by atoms with van der Waals surface area (Å²) >= 11 is 0. The molecule has 0 radical (unpaired) electrons. The lowest BCUT2D eigenvalue weighted by Crippen LogP contribution is -2.30. The molecule has 0 bridgehead atoms. The Morgan fingerprint density at radius 1 is 0.957 bits per heavy atom. The van der Waals surface area contributed by atoms with Crippen LogP contribution in [0.15, 0.2) is 54.6 Å². The number of hydrogen-bond donors (Lipinski definition) is 1. The standard InChI is InChI=1S/C18H17NO4/c20-17(19-14-8-9-14)12-22-18(21)13-6-10-16(11-7-13)23-15-4-2-1-3-5-15/h1-7,10-11,14H,8-9,12H2,(H,19,20). The van der Waals surface area contributed by atoms with Crippen LogP contribution in [-0.2, 0) is 9.53 Å². The zero-order valence-electron chi connectivity index (χ0n) is 12.5. The fraction of sp³-hybridized carbons (Fsp3) is 0.222. The van der Waals surface area contributed by atoms with Gasteiger partial charge in [0.2, 0.25) is 0 Å². The number of carbonyl (C=O) groups is 2. The molecule has 3 rings (SSSR count). The zero-order chi connectivity index (χ0) is 16.1. The second kappa shape index (κ2) is 6.96. The van der Waals surface area contributed by atoms with Gasteiger partial charge in [-0.2, -0.15) is 0 Å². The molecule has 23 heavy (non-hydrogen) atoms. The molecule has 1 saturated carbocycles. The predicted octanol–water partition coefficient (Wildman–Crippen LogP) is 2.91. The smallest absolute Gasteiger partial charge is 0.338 e. The monoisotopic (exact) mass is 311 g/mol. The number of esters is 1. The molecular formula is C18H17NO4. The van der Waals surface area contributed by atoms with Crippen molar-refractivity contribution in [1.29, 1.82) is 0 Å². The Bertz CT molecular complexity index is 678. The third-order valence-electron chi connectivity index (χ3n) is 3.35. The van der Waals surface area contributed by atoms with Crippen LogP contribution < -0.4 is 10.1 Å². The van der Waals surface area contributed by atoms with Crippen LogP contribution in [0.25, 0.3) is 0 Å². The van der Waals surface area contributed by atoms with E-state index in [1.807, 2.05) is 30.3 Å². The largest absolute Gasteiger partial charge is 0.457 e. The molecule has 0 heterocycles. The van der Waals surface area contributed by atoms with Crippen molar-refractivity contribution < 1.29 is 19.1 Å². The minimum Gasteiger partial charge on any atom is -0.457 e. The van der Waals surface area contributed by atoms with E-state index in [-0.39, 0.29) is 18.6 Å². The third kappa shape index (κ3) is 4.57. The molecule has 118 valence electrons. The number of rotatable bonds is 6. The van der Waals surface area contributed by atoms with Gasteiger partial charge in [-0.1, -0.05) is 18.2 Å². The molecule has 2 aromatic carbocycles. The predicted molar refractivity (Wildman–Crippen MR) is 84.4 cm³/mol. The molecule has 5 heteroatoms. The highest BCUT2D eigenvalue weighted by atomic mass is 16.5. The molecule has 0 aliphatic heterocycles. The second-order valence-electron chi connectivity index (χ2n) is 5.36. The van der Waals surface area contributed by atoms with Crippen LogP contribution in [0.2, 0.25) is 0 Å². The first-order valence-electron chi connectivity index (χ1n) is 7.50. The Morgan fingerprint density at radius 2 is 1.61 bits per heavy atom. The number of hydrogen-bond acceptors (Lipinski definition) is 4. The molecule has 1 fully saturated rings. The van der Waals surface area contributed by atoms with Gasteiger partial charge in [-0.3, -0.25) is 4.79 Å². The van der Waals surface area contributed by atoms with E-state index in [4.69, 9.17) is 9.47 Å². The van der Waals surface area contributed by atoms with Crippen LogP contribution >= 0.6 is 0 Å². The quantitative estimate of drug-likeness (QED) is 0.833. The molecule has 1 N–H and O–H groups in total. The molecule has 0 spiro atoms. The molecular weight excluding hydrogens is 294 g/mol. The summed E-state index contributed by atoms with van der Waals surface area (Å²) in [6.07, 6.45) is 2.01. The van der Waals surface area contributed by atoms with Crippen molar-refractivity contribution in [1.82, 2.24) is 5.32 Å². The fourth-order valence-corrected chi connectivity index (χ4v) is 2.00. The van der Waals surface area contributed by atoms with Gasteiger partial charge in [0.25, 0.3) is 5.91 Å². The average molecular weight is 311 g/mol. The first kappa shape index (κ1) is 15.1. The molecule has 0 saturated heterocycles. The molecule has 1 amide bonds.